The molecule has 1 amide bonds. The van der Waals surface area contributed by atoms with Gasteiger partial charge in [-0.15, -0.1) is 0 Å². The minimum absolute atomic E-state index is 0.267. The maximum atomic E-state index is 12.3. The Morgan fingerprint density at radius 3 is 2.75 bits per heavy atom. The maximum Gasteiger partial charge on any atom is 0.275 e. The van der Waals surface area contributed by atoms with Crippen LogP contribution in [0.3, 0.4) is 0 Å². The third-order valence-electron chi connectivity index (χ3n) is 3.73. The first kappa shape index (κ1) is 16.1. The summed E-state index contributed by atoms with van der Waals surface area (Å²) in [5, 5.41) is 3.45. The average molecular weight is 341 g/mol. The molecule has 0 spiro atoms. The number of imidazole rings is 1. The number of carbonyl (C=O) groups is 1. The Kier molecular flexibility index (Phi) is 4.53. The average Bonchev–Trinajstić information content (AvgIpc) is 3.03. The van der Waals surface area contributed by atoms with E-state index < -0.39 is 0 Å². The Morgan fingerprint density at radius 2 is 2.00 bits per heavy atom. The molecule has 0 bridgehead atoms. The van der Waals surface area contributed by atoms with E-state index >= 15 is 0 Å². The summed E-state index contributed by atoms with van der Waals surface area (Å²) >= 11 is 6.07. The summed E-state index contributed by atoms with van der Waals surface area (Å²) in [5.41, 5.74) is 9.35. The molecule has 1 aromatic heterocycles. The molecular formula is C18H17ClN4O. The molecule has 6 heteroatoms. The molecule has 3 aromatic rings. The molecule has 2 aromatic carbocycles. The van der Waals surface area contributed by atoms with E-state index in [0.717, 1.165) is 16.8 Å². The molecule has 0 unspecified atom stereocenters. The van der Waals surface area contributed by atoms with Crippen molar-refractivity contribution >= 4 is 28.9 Å². The van der Waals surface area contributed by atoms with Crippen molar-refractivity contribution < 1.29 is 4.79 Å². The number of benzene rings is 2. The van der Waals surface area contributed by atoms with Crippen LogP contribution in [0.5, 0.6) is 0 Å². The second-order valence-corrected chi connectivity index (χ2v) is 5.95. The number of nitrogens with one attached hydrogen (secondary N) is 1. The van der Waals surface area contributed by atoms with Crippen LogP contribution in [0, 0.1) is 6.92 Å². The molecule has 3 rings (SSSR count). The summed E-state index contributed by atoms with van der Waals surface area (Å²) < 4.78 is 1.85. The van der Waals surface area contributed by atoms with Gasteiger partial charge in [-0.3, -0.25) is 4.79 Å². The molecule has 0 aliphatic heterocycles. The van der Waals surface area contributed by atoms with E-state index in [0.29, 0.717) is 22.9 Å². The molecule has 0 atom stereocenters. The predicted molar refractivity (Wildman–Crippen MR) is 96.3 cm³/mol. The minimum Gasteiger partial charge on any atom is -0.399 e. The van der Waals surface area contributed by atoms with Gasteiger partial charge >= 0.3 is 0 Å². The topological polar surface area (TPSA) is 72.9 Å². The highest BCUT2D eigenvalue weighted by Gasteiger charge is 2.12. The first-order valence-electron chi connectivity index (χ1n) is 7.45. The standard InChI is InChI=1S/C18H17ClN4O/c1-12-15(19)3-2-4-16(12)22-18(24)17-10-23(11-21-17)9-13-5-7-14(20)8-6-13/h2-8,10-11H,9,20H2,1H3,(H,22,24). The molecule has 0 aliphatic carbocycles. The minimum atomic E-state index is -0.267. The van der Waals surface area contributed by atoms with E-state index in [2.05, 4.69) is 10.3 Å². The Morgan fingerprint density at radius 1 is 1.25 bits per heavy atom. The number of hydrogen-bond donors (Lipinski definition) is 2. The van der Waals surface area contributed by atoms with Crippen molar-refractivity contribution in [2.24, 2.45) is 0 Å². The fourth-order valence-corrected chi connectivity index (χ4v) is 2.50. The molecule has 0 fully saturated rings. The van der Waals surface area contributed by atoms with Gasteiger partial charge in [-0.1, -0.05) is 29.8 Å². The molecule has 5 nitrogen and oxygen atoms in total. The molecular weight excluding hydrogens is 324 g/mol. The zero-order valence-electron chi connectivity index (χ0n) is 13.2. The number of aromatic nitrogens is 2. The van der Waals surface area contributed by atoms with Gasteiger partial charge in [0, 0.05) is 29.1 Å². The van der Waals surface area contributed by atoms with Gasteiger partial charge in [0.1, 0.15) is 5.69 Å². The zero-order valence-corrected chi connectivity index (χ0v) is 13.9. The number of hydrogen-bond acceptors (Lipinski definition) is 3. The molecule has 122 valence electrons. The number of anilines is 2. The first-order chi connectivity index (χ1) is 11.5. The largest absolute Gasteiger partial charge is 0.399 e. The van der Waals surface area contributed by atoms with Gasteiger partial charge in [0.15, 0.2) is 0 Å². The van der Waals surface area contributed by atoms with E-state index in [4.69, 9.17) is 17.3 Å². The smallest absolute Gasteiger partial charge is 0.275 e. The number of amides is 1. The summed E-state index contributed by atoms with van der Waals surface area (Å²) in [6.45, 7) is 2.48. The zero-order chi connectivity index (χ0) is 17.1. The molecule has 3 N–H and O–H groups in total. The molecule has 0 aliphatic rings. The number of nitrogens with two attached hydrogens (primary N) is 1. The Balaban J connectivity index is 1.71. The summed E-state index contributed by atoms with van der Waals surface area (Å²) in [7, 11) is 0. The van der Waals surface area contributed by atoms with Crippen LogP contribution in [-0.2, 0) is 6.54 Å². The first-order valence-corrected chi connectivity index (χ1v) is 7.83. The highest BCUT2D eigenvalue weighted by atomic mass is 35.5. The van der Waals surface area contributed by atoms with E-state index in [1.807, 2.05) is 41.8 Å². The Bertz CT molecular complexity index is 871. The Hall–Kier alpha value is -2.79. The Labute approximate surface area is 145 Å². The van der Waals surface area contributed by atoms with E-state index in [1.165, 1.54) is 0 Å². The molecule has 1 heterocycles. The van der Waals surface area contributed by atoms with Crippen LogP contribution in [0.25, 0.3) is 0 Å². The second kappa shape index (κ2) is 6.76. The SMILES string of the molecule is Cc1c(Cl)cccc1NC(=O)c1cn(Cc2ccc(N)cc2)cn1. The number of nitrogen functional groups attached to an aromatic ring is 1. The van der Waals surface area contributed by atoms with Gasteiger partial charge < -0.3 is 15.6 Å². The molecule has 0 saturated carbocycles. The van der Waals surface area contributed by atoms with Gasteiger partial charge in [-0.2, -0.15) is 0 Å². The third-order valence-corrected chi connectivity index (χ3v) is 4.14. The fraction of sp³-hybridized carbons (Fsp3) is 0.111. The third kappa shape index (κ3) is 3.58. The van der Waals surface area contributed by atoms with Crippen LogP contribution in [0.1, 0.15) is 21.6 Å². The van der Waals surface area contributed by atoms with Crippen molar-refractivity contribution in [1.29, 1.82) is 0 Å². The highest BCUT2D eigenvalue weighted by molar-refractivity contribution is 6.31. The lowest BCUT2D eigenvalue weighted by molar-refractivity contribution is 0.102. The summed E-state index contributed by atoms with van der Waals surface area (Å²) in [4.78, 5) is 16.5. The predicted octanol–water partition coefficient (Wildman–Crippen LogP) is 3.73. The van der Waals surface area contributed by atoms with Crippen molar-refractivity contribution in [1.82, 2.24) is 9.55 Å². The van der Waals surface area contributed by atoms with Gasteiger partial charge in [0.05, 0.1) is 6.33 Å². The van der Waals surface area contributed by atoms with Crippen LogP contribution in [0.15, 0.2) is 55.0 Å². The highest BCUT2D eigenvalue weighted by Crippen LogP contribution is 2.23. The van der Waals surface area contributed by atoms with Crippen molar-refractivity contribution in [3.05, 3.63) is 76.8 Å². The lowest BCUT2D eigenvalue weighted by Gasteiger charge is -2.08. The number of carbonyl (C=O) groups excluding carboxylic acids is 1. The van der Waals surface area contributed by atoms with E-state index in [1.54, 1.807) is 24.7 Å². The second-order valence-electron chi connectivity index (χ2n) is 5.54. The molecule has 24 heavy (non-hydrogen) atoms. The number of halogens is 1. The number of nitrogens with zero attached hydrogens (tertiary/aromatic N) is 2. The lowest BCUT2D eigenvalue weighted by Crippen LogP contribution is -2.13. The van der Waals surface area contributed by atoms with Gasteiger partial charge in [-0.25, -0.2) is 4.98 Å². The van der Waals surface area contributed by atoms with Gasteiger partial charge in [0.2, 0.25) is 0 Å². The number of rotatable bonds is 4. The summed E-state index contributed by atoms with van der Waals surface area (Å²) in [6, 6.07) is 13.0. The van der Waals surface area contributed by atoms with E-state index in [-0.39, 0.29) is 5.91 Å². The fourth-order valence-electron chi connectivity index (χ4n) is 2.33. The monoisotopic (exact) mass is 340 g/mol. The van der Waals surface area contributed by atoms with Gasteiger partial charge in [0.25, 0.3) is 5.91 Å². The van der Waals surface area contributed by atoms with Crippen molar-refractivity contribution in [2.75, 3.05) is 11.1 Å². The molecule has 0 saturated heterocycles. The molecule has 0 radical (unpaired) electrons. The van der Waals surface area contributed by atoms with Crippen molar-refractivity contribution in [3.63, 3.8) is 0 Å². The maximum absolute atomic E-state index is 12.3. The van der Waals surface area contributed by atoms with Crippen LogP contribution in [0.2, 0.25) is 5.02 Å². The normalized spacial score (nSPS) is 10.6. The quantitative estimate of drug-likeness (QED) is 0.711. The summed E-state index contributed by atoms with van der Waals surface area (Å²) in [6.07, 6.45) is 3.35. The van der Waals surface area contributed by atoms with E-state index in [9.17, 15) is 4.79 Å². The van der Waals surface area contributed by atoms with Crippen LogP contribution < -0.4 is 11.1 Å². The summed E-state index contributed by atoms with van der Waals surface area (Å²) in [5.74, 6) is -0.267. The van der Waals surface area contributed by atoms with Crippen LogP contribution >= 0.6 is 11.6 Å². The van der Waals surface area contributed by atoms with Crippen molar-refractivity contribution in [2.45, 2.75) is 13.5 Å². The van der Waals surface area contributed by atoms with Crippen molar-refractivity contribution in [3.8, 4) is 0 Å². The van der Waals surface area contributed by atoms with Crippen LogP contribution in [0.4, 0.5) is 11.4 Å². The lowest BCUT2D eigenvalue weighted by atomic mass is 10.2. The van der Waals surface area contributed by atoms with Crippen LogP contribution in [-0.4, -0.2) is 15.5 Å². The van der Waals surface area contributed by atoms with Gasteiger partial charge in [-0.05, 0) is 42.3 Å².